The lowest BCUT2D eigenvalue weighted by Gasteiger charge is -2.34. The van der Waals surface area contributed by atoms with Gasteiger partial charge >= 0.3 is 0 Å². The van der Waals surface area contributed by atoms with Gasteiger partial charge in [0.05, 0.1) is 7.11 Å². The molecule has 1 aromatic heterocycles. The smallest absolute Gasteiger partial charge is 0.219 e. The van der Waals surface area contributed by atoms with Crippen LogP contribution in [-0.4, -0.2) is 47.4 Å². The van der Waals surface area contributed by atoms with Crippen LogP contribution in [-0.2, 0) is 17.9 Å². The van der Waals surface area contributed by atoms with E-state index < -0.39 is 11.6 Å². The summed E-state index contributed by atoms with van der Waals surface area (Å²) in [5.41, 5.74) is 3.67. The van der Waals surface area contributed by atoms with Crippen LogP contribution in [0.25, 0.3) is 10.9 Å². The van der Waals surface area contributed by atoms with Crippen molar-refractivity contribution in [2.24, 2.45) is 0 Å². The van der Waals surface area contributed by atoms with Crippen LogP contribution in [0, 0.1) is 11.6 Å². The Labute approximate surface area is 187 Å². The van der Waals surface area contributed by atoms with Gasteiger partial charge in [-0.15, -0.1) is 0 Å². The van der Waals surface area contributed by atoms with Crippen molar-refractivity contribution in [3.8, 4) is 5.75 Å². The average Bonchev–Trinajstić information content (AvgIpc) is 3.13. The zero-order valence-electron chi connectivity index (χ0n) is 18.8. The minimum atomic E-state index is -0.437. The summed E-state index contributed by atoms with van der Waals surface area (Å²) in [4.78, 5) is 19.4. The van der Waals surface area contributed by atoms with E-state index in [0.29, 0.717) is 38.3 Å². The Morgan fingerprint density at radius 2 is 2.06 bits per heavy atom. The van der Waals surface area contributed by atoms with Crippen molar-refractivity contribution in [3.63, 3.8) is 0 Å². The first-order valence-electron chi connectivity index (χ1n) is 11.0. The van der Waals surface area contributed by atoms with Gasteiger partial charge in [-0.25, -0.2) is 8.78 Å². The Hall–Kier alpha value is -2.93. The van der Waals surface area contributed by atoms with E-state index in [0.717, 1.165) is 34.8 Å². The maximum absolute atomic E-state index is 14.3. The van der Waals surface area contributed by atoms with E-state index in [1.165, 1.54) is 17.7 Å². The minimum Gasteiger partial charge on any atom is -0.497 e. The van der Waals surface area contributed by atoms with Gasteiger partial charge < -0.3 is 14.6 Å². The van der Waals surface area contributed by atoms with Gasteiger partial charge in [-0.1, -0.05) is 0 Å². The molecule has 7 heteroatoms. The van der Waals surface area contributed by atoms with Gasteiger partial charge in [-0.3, -0.25) is 9.69 Å². The number of fused-ring (bicyclic) bond motifs is 3. The third kappa shape index (κ3) is 4.48. The quantitative estimate of drug-likeness (QED) is 0.572. The summed E-state index contributed by atoms with van der Waals surface area (Å²) >= 11 is 0. The van der Waals surface area contributed by atoms with Crippen molar-refractivity contribution in [2.45, 2.75) is 39.3 Å². The zero-order chi connectivity index (χ0) is 22.8. The second-order valence-corrected chi connectivity index (χ2v) is 8.42. The number of ether oxygens (including phenoxy) is 1. The summed E-state index contributed by atoms with van der Waals surface area (Å²) < 4.78 is 33.4. The first-order chi connectivity index (χ1) is 15.4. The number of nitrogens with zero attached hydrogens (tertiary/aromatic N) is 2. The molecule has 0 bridgehead atoms. The number of amides is 1. The molecular weight excluding hydrogens is 412 g/mol. The predicted molar refractivity (Wildman–Crippen MR) is 121 cm³/mol. The van der Waals surface area contributed by atoms with Gasteiger partial charge in [0.1, 0.15) is 17.4 Å². The number of halogens is 2. The second kappa shape index (κ2) is 9.28. The van der Waals surface area contributed by atoms with Gasteiger partial charge in [-0.05, 0) is 49.2 Å². The Morgan fingerprint density at radius 3 is 2.78 bits per heavy atom. The maximum atomic E-state index is 14.3. The van der Waals surface area contributed by atoms with Crippen molar-refractivity contribution in [1.29, 1.82) is 0 Å². The highest BCUT2D eigenvalue weighted by Crippen LogP contribution is 2.38. The molecule has 0 aliphatic carbocycles. The Balaban J connectivity index is 1.66. The fourth-order valence-corrected chi connectivity index (χ4v) is 4.77. The Kier molecular flexibility index (Phi) is 6.46. The Bertz CT molecular complexity index is 1130. The van der Waals surface area contributed by atoms with E-state index in [-0.39, 0.29) is 11.8 Å². The summed E-state index contributed by atoms with van der Waals surface area (Å²) in [7, 11) is 1.64. The fourth-order valence-electron chi connectivity index (χ4n) is 4.77. The highest BCUT2D eigenvalue weighted by molar-refractivity contribution is 5.86. The van der Waals surface area contributed by atoms with Crippen LogP contribution < -0.4 is 4.74 Å². The summed E-state index contributed by atoms with van der Waals surface area (Å²) in [5, 5.41) is 1.15. The molecule has 0 fully saturated rings. The lowest BCUT2D eigenvalue weighted by atomic mass is 9.88. The molecule has 32 heavy (non-hydrogen) atoms. The number of methoxy groups -OCH3 is 1. The zero-order valence-corrected chi connectivity index (χ0v) is 18.8. The predicted octanol–water partition coefficient (Wildman–Crippen LogP) is 4.81. The molecule has 2 heterocycles. The third-order valence-electron chi connectivity index (χ3n) is 6.37. The molecule has 1 N–H and O–H groups in total. The van der Waals surface area contributed by atoms with E-state index >= 15 is 0 Å². The van der Waals surface area contributed by atoms with Crippen molar-refractivity contribution >= 4 is 16.8 Å². The first-order valence-corrected chi connectivity index (χ1v) is 11.0. The number of carbonyl (C=O) groups is 1. The summed E-state index contributed by atoms with van der Waals surface area (Å²) in [6.45, 7) is 6.53. The molecule has 0 radical (unpaired) electrons. The molecule has 1 aliphatic heterocycles. The molecule has 1 amide bonds. The van der Waals surface area contributed by atoms with Crippen LogP contribution in [0.15, 0.2) is 36.4 Å². The van der Waals surface area contributed by atoms with Crippen molar-refractivity contribution in [3.05, 3.63) is 64.9 Å². The highest BCUT2D eigenvalue weighted by Gasteiger charge is 2.30. The molecule has 0 saturated carbocycles. The molecule has 2 aromatic carbocycles. The molecule has 1 aliphatic rings. The van der Waals surface area contributed by atoms with Crippen LogP contribution in [0.4, 0.5) is 8.78 Å². The SMILES string of the molecule is CCN(CCC1CN(Cc2cc(F)ccc2F)Cc2[nH]c3cc(OC)ccc3c21)C(C)=O. The van der Waals surface area contributed by atoms with E-state index in [1.807, 2.05) is 24.0 Å². The molecule has 5 nitrogen and oxygen atoms in total. The lowest BCUT2D eigenvalue weighted by Crippen LogP contribution is -2.36. The number of benzene rings is 2. The van der Waals surface area contributed by atoms with Gasteiger partial charge in [-0.2, -0.15) is 0 Å². The Morgan fingerprint density at radius 1 is 1.25 bits per heavy atom. The standard InChI is InChI=1S/C25H29F2N3O2/c1-4-30(16(2)31)10-9-17-13-29(14-18-11-19(26)5-8-22(18)27)15-24-25(17)21-7-6-20(32-3)12-23(21)28-24/h5-8,11-12,17,28H,4,9-10,13-15H2,1-3H3. The number of hydrogen-bond donors (Lipinski definition) is 1. The third-order valence-corrected chi connectivity index (χ3v) is 6.37. The maximum Gasteiger partial charge on any atom is 0.219 e. The van der Waals surface area contributed by atoms with Gasteiger partial charge in [0, 0.05) is 73.8 Å². The summed E-state index contributed by atoms with van der Waals surface area (Å²) in [6.07, 6.45) is 0.793. The van der Waals surface area contributed by atoms with Gasteiger partial charge in [0.2, 0.25) is 5.91 Å². The first kappa shape index (κ1) is 22.3. The second-order valence-electron chi connectivity index (χ2n) is 8.42. The number of nitrogens with one attached hydrogen (secondary N) is 1. The number of aromatic nitrogens is 1. The number of aromatic amines is 1. The molecule has 0 saturated heterocycles. The molecular formula is C25H29F2N3O2. The van der Waals surface area contributed by atoms with Crippen LogP contribution in [0.5, 0.6) is 5.75 Å². The van der Waals surface area contributed by atoms with E-state index in [2.05, 4.69) is 16.0 Å². The number of rotatable bonds is 7. The monoisotopic (exact) mass is 441 g/mol. The molecule has 4 rings (SSSR count). The van der Waals surface area contributed by atoms with Gasteiger partial charge in [0.15, 0.2) is 0 Å². The van der Waals surface area contributed by atoms with Crippen LogP contribution in [0.1, 0.15) is 43.0 Å². The van der Waals surface area contributed by atoms with Crippen LogP contribution >= 0.6 is 0 Å². The average molecular weight is 442 g/mol. The molecule has 170 valence electrons. The highest BCUT2D eigenvalue weighted by atomic mass is 19.1. The molecule has 3 aromatic rings. The van der Waals surface area contributed by atoms with E-state index in [1.54, 1.807) is 14.0 Å². The largest absolute Gasteiger partial charge is 0.497 e. The fraction of sp³-hybridized carbons (Fsp3) is 0.400. The number of H-pyrrole nitrogens is 1. The molecule has 1 unspecified atom stereocenters. The van der Waals surface area contributed by atoms with Gasteiger partial charge in [0.25, 0.3) is 0 Å². The van der Waals surface area contributed by atoms with Crippen LogP contribution in [0.3, 0.4) is 0 Å². The number of carbonyl (C=O) groups excluding carboxylic acids is 1. The lowest BCUT2D eigenvalue weighted by molar-refractivity contribution is -0.128. The van der Waals surface area contributed by atoms with E-state index in [9.17, 15) is 13.6 Å². The normalized spacial score (nSPS) is 16.2. The molecule has 1 atom stereocenters. The van der Waals surface area contributed by atoms with Crippen molar-refractivity contribution < 1.29 is 18.3 Å². The number of hydrogen-bond acceptors (Lipinski definition) is 3. The molecule has 0 spiro atoms. The summed E-state index contributed by atoms with van der Waals surface area (Å²) in [5.74, 6) is 0.161. The topological polar surface area (TPSA) is 48.6 Å². The van der Waals surface area contributed by atoms with Crippen molar-refractivity contribution in [1.82, 2.24) is 14.8 Å². The minimum absolute atomic E-state index is 0.0610. The van der Waals surface area contributed by atoms with Crippen LogP contribution in [0.2, 0.25) is 0 Å². The van der Waals surface area contributed by atoms with Crippen molar-refractivity contribution in [2.75, 3.05) is 26.7 Å². The van der Waals surface area contributed by atoms with E-state index in [4.69, 9.17) is 4.74 Å². The summed E-state index contributed by atoms with van der Waals surface area (Å²) in [6, 6.07) is 9.59.